The average molecular weight is 234 g/mol. The number of aryl methyl sites for hydroxylation is 1. The molecular formula is C15H26N2. The molecule has 0 aliphatic rings. The molecule has 1 aromatic rings. The highest BCUT2D eigenvalue weighted by molar-refractivity contribution is 5.29. The molecule has 0 saturated carbocycles. The van der Waals surface area contributed by atoms with Crippen LogP contribution in [0.15, 0.2) is 24.3 Å². The summed E-state index contributed by atoms with van der Waals surface area (Å²) in [5.41, 5.74) is 2.81. The maximum absolute atomic E-state index is 3.65. The Labute approximate surface area is 106 Å². The van der Waals surface area contributed by atoms with Gasteiger partial charge >= 0.3 is 0 Å². The molecule has 0 bridgehead atoms. The first kappa shape index (κ1) is 14.2. The van der Waals surface area contributed by atoms with Gasteiger partial charge in [-0.2, -0.15) is 0 Å². The van der Waals surface area contributed by atoms with E-state index in [0.717, 1.165) is 19.6 Å². The van der Waals surface area contributed by atoms with Crippen LogP contribution in [0.5, 0.6) is 0 Å². The SMILES string of the molecule is CCCNC(CN(C)CC)c1ccccc1C. The monoisotopic (exact) mass is 234 g/mol. The van der Waals surface area contributed by atoms with Gasteiger partial charge in [-0.25, -0.2) is 0 Å². The van der Waals surface area contributed by atoms with E-state index in [9.17, 15) is 0 Å². The minimum Gasteiger partial charge on any atom is -0.309 e. The topological polar surface area (TPSA) is 15.3 Å². The van der Waals surface area contributed by atoms with Gasteiger partial charge in [0.1, 0.15) is 0 Å². The molecule has 0 aliphatic heterocycles. The minimum atomic E-state index is 0.445. The molecule has 0 radical (unpaired) electrons. The van der Waals surface area contributed by atoms with Gasteiger partial charge in [0.25, 0.3) is 0 Å². The van der Waals surface area contributed by atoms with Crippen LogP contribution in [0.3, 0.4) is 0 Å². The van der Waals surface area contributed by atoms with Gasteiger partial charge in [-0.05, 0) is 44.6 Å². The molecule has 0 amide bonds. The van der Waals surface area contributed by atoms with Gasteiger partial charge in [0.2, 0.25) is 0 Å². The van der Waals surface area contributed by atoms with Gasteiger partial charge in [-0.15, -0.1) is 0 Å². The van der Waals surface area contributed by atoms with Crippen LogP contribution in [0, 0.1) is 6.92 Å². The van der Waals surface area contributed by atoms with Crippen molar-refractivity contribution in [1.82, 2.24) is 10.2 Å². The zero-order valence-corrected chi connectivity index (χ0v) is 11.7. The molecule has 1 atom stereocenters. The van der Waals surface area contributed by atoms with Crippen LogP contribution in [0.4, 0.5) is 0 Å². The minimum absolute atomic E-state index is 0.445. The summed E-state index contributed by atoms with van der Waals surface area (Å²) in [5.74, 6) is 0. The molecule has 0 saturated heterocycles. The highest BCUT2D eigenvalue weighted by atomic mass is 15.1. The van der Waals surface area contributed by atoms with Gasteiger partial charge in [0.05, 0.1) is 0 Å². The fourth-order valence-electron chi connectivity index (χ4n) is 2.01. The molecular weight excluding hydrogens is 208 g/mol. The molecule has 0 fully saturated rings. The normalized spacial score (nSPS) is 13.0. The van der Waals surface area contributed by atoms with Crippen molar-refractivity contribution < 1.29 is 0 Å². The Hall–Kier alpha value is -0.860. The van der Waals surface area contributed by atoms with Crippen molar-refractivity contribution in [1.29, 1.82) is 0 Å². The lowest BCUT2D eigenvalue weighted by atomic mass is 10.0. The van der Waals surface area contributed by atoms with E-state index in [0.29, 0.717) is 6.04 Å². The highest BCUT2D eigenvalue weighted by Gasteiger charge is 2.13. The van der Waals surface area contributed by atoms with Gasteiger partial charge in [0, 0.05) is 12.6 Å². The second-order valence-corrected chi connectivity index (χ2v) is 4.72. The summed E-state index contributed by atoms with van der Waals surface area (Å²) < 4.78 is 0. The standard InChI is InChI=1S/C15H26N2/c1-5-11-16-15(12-17(4)6-2)14-10-8-7-9-13(14)3/h7-10,15-16H,5-6,11-12H2,1-4H3. The molecule has 1 aromatic carbocycles. The Morgan fingerprint density at radius 1 is 1.24 bits per heavy atom. The third kappa shape index (κ3) is 4.49. The van der Waals surface area contributed by atoms with Crippen molar-refractivity contribution in [2.24, 2.45) is 0 Å². The van der Waals surface area contributed by atoms with Crippen molar-refractivity contribution in [3.05, 3.63) is 35.4 Å². The Balaban J connectivity index is 2.78. The van der Waals surface area contributed by atoms with Gasteiger partial charge in [-0.3, -0.25) is 0 Å². The molecule has 0 spiro atoms. The molecule has 17 heavy (non-hydrogen) atoms. The number of nitrogens with zero attached hydrogens (tertiary/aromatic N) is 1. The second-order valence-electron chi connectivity index (χ2n) is 4.72. The Morgan fingerprint density at radius 3 is 2.53 bits per heavy atom. The first-order valence-corrected chi connectivity index (χ1v) is 6.66. The molecule has 0 heterocycles. The van der Waals surface area contributed by atoms with Crippen molar-refractivity contribution >= 4 is 0 Å². The zero-order valence-electron chi connectivity index (χ0n) is 11.7. The van der Waals surface area contributed by atoms with E-state index in [1.807, 2.05) is 0 Å². The van der Waals surface area contributed by atoms with Crippen LogP contribution in [0.2, 0.25) is 0 Å². The van der Waals surface area contributed by atoms with Gasteiger partial charge in [-0.1, -0.05) is 38.1 Å². The lowest BCUT2D eigenvalue weighted by Gasteiger charge is -2.25. The third-order valence-electron chi connectivity index (χ3n) is 3.24. The summed E-state index contributed by atoms with van der Waals surface area (Å²) >= 11 is 0. The predicted molar refractivity (Wildman–Crippen MR) is 75.4 cm³/mol. The number of hydrogen-bond acceptors (Lipinski definition) is 2. The Bertz CT molecular complexity index is 322. The van der Waals surface area contributed by atoms with Crippen LogP contribution in [-0.4, -0.2) is 31.6 Å². The van der Waals surface area contributed by atoms with E-state index < -0.39 is 0 Å². The molecule has 0 aliphatic carbocycles. The van der Waals surface area contributed by atoms with E-state index in [-0.39, 0.29) is 0 Å². The van der Waals surface area contributed by atoms with E-state index in [2.05, 4.69) is 62.3 Å². The Morgan fingerprint density at radius 2 is 1.94 bits per heavy atom. The second kappa shape index (κ2) is 7.46. The summed E-state index contributed by atoms with van der Waals surface area (Å²) in [6, 6.07) is 9.13. The van der Waals surface area contributed by atoms with Gasteiger partial charge in [0.15, 0.2) is 0 Å². The largest absolute Gasteiger partial charge is 0.309 e. The number of likely N-dealkylation sites (N-methyl/N-ethyl adjacent to an activating group) is 1. The van der Waals surface area contributed by atoms with Crippen molar-refractivity contribution in [3.8, 4) is 0 Å². The first-order valence-electron chi connectivity index (χ1n) is 6.66. The summed E-state index contributed by atoms with van der Waals surface area (Å²) in [6.45, 7) is 9.86. The molecule has 1 unspecified atom stereocenters. The van der Waals surface area contributed by atoms with E-state index >= 15 is 0 Å². The third-order valence-corrected chi connectivity index (χ3v) is 3.24. The fraction of sp³-hybridized carbons (Fsp3) is 0.600. The van der Waals surface area contributed by atoms with Crippen LogP contribution >= 0.6 is 0 Å². The van der Waals surface area contributed by atoms with Crippen molar-refractivity contribution in [2.45, 2.75) is 33.2 Å². The molecule has 2 heteroatoms. The molecule has 2 nitrogen and oxygen atoms in total. The number of hydrogen-bond donors (Lipinski definition) is 1. The first-order chi connectivity index (χ1) is 8.19. The van der Waals surface area contributed by atoms with Crippen LogP contribution in [0.25, 0.3) is 0 Å². The lowest BCUT2D eigenvalue weighted by Crippen LogP contribution is -2.33. The lowest BCUT2D eigenvalue weighted by molar-refractivity contribution is 0.303. The quantitative estimate of drug-likeness (QED) is 0.780. The molecule has 96 valence electrons. The summed E-state index contributed by atoms with van der Waals surface area (Å²) in [4.78, 5) is 2.36. The van der Waals surface area contributed by atoms with E-state index in [1.54, 1.807) is 0 Å². The number of rotatable bonds is 7. The summed E-state index contributed by atoms with van der Waals surface area (Å²) in [5, 5.41) is 3.65. The van der Waals surface area contributed by atoms with Crippen LogP contribution < -0.4 is 5.32 Å². The number of nitrogens with one attached hydrogen (secondary N) is 1. The molecule has 0 aromatic heterocycles. The van der Waals surface area contributed by atoms with Crippen molar-refractivity contribution in [2.75, 3.05) is 26.7 Å². The van der Waals surface area contributed by atoms with E-state index in [1.165, 1.54) is 17.5 Å². The fourth-order valence-corrected chi connectivity index (χ4v) is 2.01. The Kier molecular flexibility index (Phi) is 6.23. The van der Waals surface area contributed by atoms with Crippen molar-refractivity contribution in [3.63, 3.8) is 0 Å². The van der Waals surface area contributed by atoms with Crippen LogP contribution in [-0.2, 0) is 0 Å². The predicted octanol–water partition coefficient (Wildman–Crippen LogP) is 2.99. The van der Waals surface area contributed by atoms with Gasteiger partial charge < -0.3 is 10.2 Å². The smallest absolute Gasteiger partial charge is 0.0451 e. The number of benzene rings is 1. The maximum Gasteiger partial charge on any atom is 0.0451 e. The zero-order chi connectivity index (χ0) is 12.7. The average Bonchev–Trinajstić information content (AvgIpc) is 2.35. The summed E-state index contributed by atoms with van der Waals surface area (Å²) in [7, 11) is 2.18. The highest BCUT2D eigenvalue weighted by Crippen LogP contribution is 2.18. The molecule has 1 N–H and O–H groups in total. The maximum atomic E-state index is 3.65. The van der Waals surface area contributed by atoms with Crippen LogP contribution in [0.1, 0.15) is 37.4 Å². The summed E-state index contributed by atoms with van der Waals surface area (Å²) in [6.07, 6.45) is 1.18. The molecule has 1 rings (SSSR count). The van der Waals surface area contributed by atoms with E-state index in [4.69, 9.17) is 0 Å².